The number of fused-ring (bicyclic) bond motifs is 1. The number of nitrogens with zero attached hydrogens (tertiary/aromatic N) is 2. The number of carbonyl (C=O) groups is 2. The number of alkyl halides is 3. The third-order valence-electron chi connectivity index (χ3n) is 5.26. The number of hydrogen-bond donors (Lipinski definition) is 3. The molecule has 1 saturated heterocycles. The highest BCUT2D eigenvalue weighted by Crippen LogP contribution is 2.40. The van der Waals surface area contributed by atoms with Gasteiger partial charge < -0.3 is 25.3 Å². The Morgan fingerprint density at radius 1 is 1.24 bits per heavy atom. The SMILES string of the molecule is CC(=O)N1CC(CNC(=O)Nc2cc(F)c(Oc3ccnc4[nH]cc(C(F)(F)F)c34)c(F)c2)C1. The zero-order valence-electron chi connectivity index (χ0n) is 17.6. The van der Waals surface area contributed by atoms with Gasteiger partial charge in [0.1, 0.15) is 11.4 Å². The van der Waals surface area contributed by atoms with E-state index in [0.717, 1.165) is 24.4 Å². The van der Waals surface area contributed by atoms with Gasteiger partial charge in [-0.2, -0.15) is 13.2 Å². The molecule has 180 valence electrons. The molecule has 2 aromatic heterocycles. The zero-order chi connectivity index (χ0) is 24.6. The lowest BCUT2D eigenvalue weighted by Gasteiger charge is -2.38. The average Bonchev–Trinajstić information content (AvgIpc) is 3.14. The molecule has 0 atom stereocenters. The fourth-order valence-electron chi connectivity index (χ4n) is 3.54. The first-order chi connectivity index (χ1) is 16.0. The van der Waals surface area contributed by atoms with Crippen molar-refractivity contribution in [1.29, 1.82) is 0 Å². The summed E-state index contributed by atoms with van der Waals surface area (Å²) in [5, 5.41) is 4.34. The number of urea groups is 1. The summed E-state index contributed by atoms with van der Waals surface area (Å²) in [6.45, 7) is 2.71. The van der Waals surface area contributed by atoms with Gasteiger partial charge >= 0.3 is 12.2 Å². The number of aromatic amines is 1. The van der Waals surface area contributed by atoms with Crippen LogP contribution in [0.2, 0.25) is 0 Å². The summed E-state index contributed by atoms with van der Waals surface area (Å²) in [7, 11) is 0. The van der Waals surface area contributed by atoms with Crippen LogP contribution in [0.15, 0.2) is 30.6 Å². The van der Waals surface area contributed by atoms with Crippen LogP contribution >= 0.6 is 0 Å². The lowest BCUT2D eigenvalue weighted by Crippen LogP contribution is -2.53. The topological polar surface area (TPSA) is 99.3 Å². The molecule has 0 aliphatic carbocycles. The molecule has 1 aliphatic rings. The van der Waals surface area contributed by atoms with E-state index in [1.807, 2.05) is 0 Å². The van der Waals surface area contributed by atoms with Gasteiger partial charge in [-0.15, -0.1) is 0 Å². The van der Waals surface area contributed by atoms with E-state index in [2.05, 4.69) is 20.6 Å². The van der Waals surface area contributed by atoms with Gasteiger partial charge in [0.2, 0.25) is 5.91 Å². The Labute approximate surface area is 189 Å². The first kappa shape index (κ1) is 23.3. The molecule has 3 amide bonds. The van der Waals surface area contributed by atoms with Gasteiger partial charge in [-0.25, -0.2) is 18.6 Å². The van der Waals surface area contributed by atoms with Gasteiger partial charge in [-0.05, 0) is 6.07 Å². The number of benzene rings is 1. The standard InChI is InChI=1S/C21H18F5N5O3/c1-10(32)31-8-11(9-31)6-29-20(33)30-12-4-14(22)18(15(23)5-12)34-16-2-3-27-19-17(16)13(7-28-19)21(24,25)26/h2-5,7,11H,6,8-9H2,1H3,(H,27,28)(H2,29,30,33). The molecule has 1 fully saturated rings. The summed E-state index contributed by atoms with van der Waals surface area (Å²) in [6, 6.07) is 1.89. The highest BCUT2D eigenvalue weighted by Gasteiger charge is 2.35. The molecule has 1 aliphatic heterocycles. The maximum absolute atomic E-state index is 14.6. The summed E-state index contributed by atoms with van der Waals surface area (Å²) in [4.78, 5) is 30.9. The Hall–Kier alpha value is -3.90. The van der Waals surface area contributed by atoms with E-state index in [-0.39, 0.29) is 29.7 Å². The van der Waals surface area contributed by atoms with Gasteiger partial charge in [0.15, 0.2) is 17.4 Å². The van der Waals surface area contributed by atoms with Crippen LogP contribution in [0.5, 0.6) is 11.5 Å². The number of nitrogens with one attached hydrogen (secondary N) is 3. The number of aromatic nitrogens is 2. The van der Waals surface area contributed by atoms with Crippen LogP contribution in [0.3, 0.4) is 0 Å². The average molecular weight is 483 g/mol. The summed E-state index contributed by atoms with van der Waals surface area (Å²) >= 11 is 0. The molecule has 4 rings (SSSR count). The Bertz CT molecular complexity index is 1230. The number of ether oxygens (including phenoxy) is 1. The second-order valence-corrected chi connectivity index (χ2v) is 7.73. The van der Waals surface area contributed by atoms with Crippen molar-refractivity contribution in [2.75, 3.05) is 25.0 Å². The highest BCUT2D eigenvalue weighted by atomic mass is 19.4. The maximum Gasteiger partial charge on any atom is 0.418 e. The Kier molecular flexibility index (Phi) is 6.02. The predicted molar refractivity (Wildman–Crippen MR) is 110 cm³/mol. The van der Waals surface area contributed by atoms with Crippen molar-refractivity contribution in [1.82, 2.24) is 20.2 Å². The van der Waals surface area contributed by atoms with E-state index in [1.54, 1.807) is 4.90 Å². The summed E-state index contributed by atoms with van der Waals surface area (Å²) in [5.74, 6) is -3.85. The van der Waals surface area contributed by atoms with Crippen LogP contribution in [-0.4, -0.2) is 46.4 Å². The number of carbonyl (C=O) groups excluding carboxylic acids is 2. The lowest BCUT2D eigenvalue weighted by molar-refractivity contribution is -0.136. The summed E-state index contributed by atoms with van der Waals surface area (Å²) in [5.41, 5.74) is -1.49. The zero-order valence-corrected chi connectivity index (χ0v) is 17.6. The Morgan fingerprint density at radius 3 is 2.53 bits per heavy atom. The van der Waals surface area contributed by atoms with E-state index in [9.17, 15) is 31.5 Å². The van der Waals surface area contributed by atoms with Crippen LogP contribution in [-0.2, 0) is 11.0 Å². The first-order valence-corrected chi connectivity index (χ1v) is 10.0. The molecular weight excluding hydrogens is 465 g/mol. The Balaban J connectivity index is 1.46. The van der Waals surface area contributed by atoms with Gasteiger partial charge in [-0.3, -0.25) is 4.79 Å². The van der Waals surface area contributed by atoms with Crippen LogP contribution < -0.4 is 15.4 Å². The minimum absolute atomic E-state index is 0.0624. The molecule has 13 heteroatoms. The second kappa shape index (κ2) is 8.80. The van der Waals surface area contributed by atoms with Gasteiger partial charge in [-0.1, -0.05) is 0 Å². The van der Waals surface area contributed by atoms with Crippen LogP contribution in [0.25, 0.3) is 11.0 Å². The van der Waals surface area contributed by atoms with Crippen molar-refractivity contribution in [2.45, 2.75) is 13.1 Å². The number of amides is 3. The van der Waals surface area contributed by atoms with Crippen molar-refractivity contribution in [3.8, 4) is 11.5 Å². The molecule has 0 radical (unpaired) electrons. The number of likely N-dealkylation sites (tertiary alicyclic amines) is 1. The van der Waals surface area contributed by atoms with Crippen molar-refractivity contribution in [3.05, 3.63) is 47.8 Å². The molecule has 0 bridgehead atoms. The molecular formula is C21H18F5N5O3. The maximum atomic E-state index is 14.6. The van der Waals surface area contributed by atoms with E-state index in [0.29, 0.717) is 19.3 Å². The predicted octanol–water partition coefficient (Wildman–Crippen LogP) is 4.25. The van der Waals surface area contributed by atoms with Crippen LogP contribution in [0.1, 0.15) is 12.5 Å². The highest BCUT2D eigenvalue weighted by molar-refractivity contribution is 5.89. The van der Waals surface area contributed by atoms with Crippen molar-refractivity contribution >= 4 is 28.7 Å². The molecule has 0 saturated carbocycles. The monoisotopic (exact) mass is 483 g/mol. The van der Waals surface area contributed by atoms with Gasteiger partial charge in [0.05, 0.1) is 10.9 Å². The van der Waals surface area contributed by atoms with E-state index >= 15 is 0 Å². The third-order valence-corrected chi connectivity index (χ3v) is 5.26. The number of anilines is 1. The molecule has 3 heterocycles. The quantitative estimate of drug-likeness (QED) is 0.473. The third kappa shape index (κ3) is 4.72. The van der Waals surface area contributed by atoms with Crippen LogP contribution in [0.4, 0.5) is 32.4 Å². The largest absolute Gasteiger partial charge is 0.450 e. The van der Waals surface area contributed by atoms with Crippen LogP contribution in [0, 0.1) is 17.6 Å². The first-order valence-electron chi connectivity index (χ1n) is 10.0. The van der Waals surface area contributed by atoms with Crippen molar-refractivity contribution in [3.63, 3.8) is 0 Å². The summed E-state index contributed by atoms with van der Waals surface area (Å²) < 4.78 is 74.2. The second-order valence-electron chi connectivity index (χ2n) is 7.73. The lowest BCUT2D eigenvalue weighted by atomic mass is 10.0. The number of halogens is 5. The van der Waals surface area contributed by atoms with Gasteiger partial charge in [0.25, 0.3) is 0 Å². The summed E-state index contributed by atoms with van der Waals surface area (Å²) in [6.07, 6.45) is -2.94. The molecule has 34 heavy (non-hydrogen) atoms. The van der Waals surface area contributed by atoms with Crippen molar-refractivity contribution in [2.24, 2.45) is 5.92 Å². The molecule has 8 nitrogen and oxygen atoms in total. The van der Waals surface area contributed by atoms with E-state index < -0.39 is 46.3 Å². The van der Waals surface area contributed by atoms with Crippen molar-refractivity contribution < 1.29 is 36.3 Å². The number of pyridine rings is 1. The van der Waals surface area contributed by atoms with E-state index in [4.69, 9.17) is 4.74 Å². The van der Waals surface area contributed by atoms with E-state index in [1.165, 1.54) is 6.92 Å². The molecule has 3 aromatic rings. The number of hydrogen-bond acceptors (Lipinski definition) is 4. The fraction of sp³-hybridized carbons (Fsp3) is 0.286. The smallest absolute Gasteiger partial charge is 0.418 e. The number of rotatable bonds is 5. The molecule has 0 unspecified atom stereocenters. The molecule has 1 aromatic carbocycles. The Morgan fingerprint density at radius 2 is 1.91 bits per heavy atom. The number of H-pyrrole nitrogens is 1. The minimum atomic E-state index is -4.75. The fourth-order valence-corrected chi connectivity index (χ4v) is 3.54. The molecule has 3 N–H and O–H groups in total. The molecule has 0 spiro atoms. The van der Waals surface area contributed by atoms with Gasteiger partial charge in [0, 0.05) is 62.7 Å². The normalized spacial score (nSPS) is 14.1. The minimum Gasteiger partial charge on any atom is -0.450 e.